The zero-order valence-corrected chi connectivity index (χ0v) is 18.7. The van der Waals surface area contributed by atoms with E-state index in [9.17, 15) is 29.1 Å². The molecular formula is C20H29N5O7S. The molecule has 1 aromatic carbocycles. The summed E-state index contributed by atoms with van der Waals surface area (Å²) in [5.41, 5.74) is 11.4. The van der Waals surface area contributed by atoms with Gasteiger partial charge in [0, 0.05) is 18.6 Å². The van der Waals surface area contributed by atoms with E-state index in [1.165, 1.54) is 0 Å². The maximum Gasteiger partial charge on any atom is 0.328 e. The van der Waals surface area contributed by atoms with Crippen molar-refractivity contribution in [1.82, 2.24) is 16.0 Å². The monoisotopic (exact) mass is 483 g/mol. The third kappa shape index (κ3) is 9.89. The molecule has 0 saturated heterocycles. The Morgan fingerprint density at radius 1 is 0.909 bits per heavy atom. The normalized spacial score (nSPS) is 14.3. The average Bonchev–Trinajstić information content (AvgIpc) is 2.78. The molecule has 0 aliphatic rings. The average molecular weight is 484 g/mol. The van der Waals surface area contributed by atoms with Gasteiger partial charge in [0.05, 0.1) is 12.6 Å². The molecule has 0 heterocycles. The van der Waals surface area contributed by atoms with Crippen LogP contribution < -0.4 is 27.4 Å². The first-order valence-corrected chi connectivity index (χ1v) is 10.7. The quantitative estimate of drug-likeness (QED) is 0.130. The van der Waals surface area contributed by atoms with Gasteiger partial charge in [-0.2, -0.15) is 12.6 Å². The van der Waals surface area contributed by atoms with Gasteiger partial charge in [-0.1, -0.05) is 30.3 Å². The highest BCUT2D eigenvalue weighted by Crippen LogP contribution is 2.06. The fraction of sp³-hybridized carbons (Fsp3) is 0.450. The number of carbonyl (C=O) groups is 5. The van der Waals surface area contributed by atoms with Crippen molar-refractivity contribution < 1.29 is 34.2 Å². The van der Waals surface area contributed by atoms with Crippen molar-refractivity contribution >= 4 is 42.2 Å². The number of aliphatic hydroxyl groups excluding tert-OH is 1. The molecule has 4 atom stereocenters. The first kappa shape index (κ1) is 27.9. The van der Waals surface area contributed by atoms with Gasteiger partial charge in [0.15, 0.2) is 0 Å². The molecule has 0 bridgehead atoms. The lowest BCUT2D eigenvalue weighted by Gasteiger charge is -2.25. The van der Waals surface area contributed by atoms with Gasteiger partial charge in [0.2, 0.25) is 23.6 Å². The Bertz CT molecular complexity index is 839. The minimum Gasteiger partial charge on any atom is -0.480 e. The van der Waals surface area contributed by atoms with Crippen molar-refractivity contribution in [1.29, 1.82) is 0 Å². The van der Waals surface area contributed by atoms with Crippen molar-refractivity contribution in [3.8, 4) is 0 Å². The van der Waals surface area contributed by atoms with E-state index >= 15 is 0 Å². The SMILES string of the molecule is NC(=O)CCC(NC(=O)C(N)CS)C(=O)NC(Cc1ccccc1)C(=O)NC(CO)C(=O)O. The summed E-state index contributed by atoms with van der Waals surface area (Å²) in [7, 11) is 0. The zero-order valence-electron chi connectivity index (χ0n) is 17.8. The number of primary amides is 1. The van der Waals surface area contributed by atoms with Crippen molar-refractivity contribution in [3.05, 3.63) is 35.9 Å². The highest BCUT2D eigenvalue weighted by molar-refractivity contribution is 7.80. The number of carboxylic acid groups (broad SMARTS) is 1. The summed E-state index contributed by atoms with van der Waals surface area (Å²) >= 11 is 3.93. The van der Waals surface area contributed by atoms with Crippen LogP contribution in [0.4, 0.5) is 0 Å². The molecule has 0 spiro atoms. The molecular weight excluding hydrogens is 454 g/mol. The number of amides is 4. The number of carbonyl (C=O) groups excluding carboxylic acids is 4. The van der Waals surface area contributed by atoms with Crippen LogP contribution in [0.2, 0.25) is 0 Å². The van der Waals surface area contributed by atoms with Crippen LogP contribution in [-0.2, 0) is 30.4 Å². The predicted octanol–water partition coefficient (Wildman–Crippen LogP) is -2.72. The molecule has 0 fully saturated rings. The number of thiol groups is 1. The number of aliphatic hydroxyl groups is 1. The van der Waals surface area contributed by atoms with Crippen LogP contribution in [0.5, 0.6) is 0 Å². The molecule has 33 heavy (non-hydrogen) atoms. The van der Waals surface area contributed by atoms with E-state index in [2.05, 4.69) is 28.6 Å². The van der Waals surface area contributed by atoms with Gasteiger partial charge in [-0.05, 0) is 12.0 Å². The minimum atomic E-state index is -1.58. The zero-order chi connectivity index (χ0) is 25.0. The van der Waals surface area contributed by atoms with Crippen molar-refractivity contribution in [2.45, 2.75) is 43.4 Å². The number of benzene rings is 1. The fourth-order valence-electron chi connectivity index (χ4n) is 2.71. The second-order valence-electron chi connectivity index (χ2n) is 7.19. The van der Waals surface area contributed by atoms with Crippen LogP contribution in [0.3, 0.4) is 0 Å². The first-order chi connectivity index (χ1) is 15.6. The third-order valence-corrected chi connectivity index (χ3v) is 4.95. The molecule has 9 N–H and O–H groups in total. The molecule has 1 aromatic rings. The Morgan fingerprint density at radius 3 is 1.97 bits per heavy atom. The summed E-state index contributed by atoms with van der Waals surface area (Å²) in [6, 6.07) is 3.51. The smallest absolute Gasteiger partial charge is 0.328 e. The number of hydrogen-bond acceptors (Lipinski definition) is 8. The van der Waals surface area contributed by atoms with Crippen LogP contribution in [0, 0.1) is 0 Å². The lowest BCUT2D eigenvalue weighted by Crippen LogP contribution is -2.58. The number of hydrogen-bond donors (Lipinski definition) is 8. The predicted molar refractivity (Wildman–Crippen MR) is 121 cm³/mol. The van der Waals surface area contributed by atoms with Crippen molar-refractivity contribution in [2.75, 3.05) is 12.4 Å². The largest absolute Gasteiger partial charge is 0.480 e. The summed E-state index contributed by atoms with van der Waals surface area (Å²) in [6.07, 6.45) is -0.390. The maximum atomic E-state index is 12.9. The standard InChI is InChI=1S/C20H29N5O7S/c21-12(10-33)17(28)23-13(6-7-16(22)27)18(29)24-14(8-11-4-2-1-3-5-11)19(30)25-15(9-26)20(31)32/h1-5,12-15,26,33H,6-10,21H2,(H2,22,27)(H,23,28)(H,24,29)(H,25,30)(H,31,32). The lowest BCUT2D eigenvalue weighted by molar-refractivity contribution is -0.143. The molecule has 12 nitrogen and oxygen atoms in total. The van der Waals surface area contributed by atoms with Gasteiger partial charge in [0.25, 0.3) is 0 Å². The highest BCUT2D eigenvalue weighted by atomic mass is 32.1. The summed E-state index contributed by atoms with van der Waals surface area (Å²) in [6.45, 7) is -0.855. The molecule has 1 rings (SSSR count). The van der Waals surface area contributed by atoms with E-state index in [1.807, 2.05) is 0 Å². The van der Waals surface area contributed by atoms with Gasteiger partial charge in [-0.25, -0.2) is 4.79 Å². The van der Waals surface area contributed by atoms with Crippen LogP contribution in [0.15, 0.2) is 30.3 Å². The van der Waals surface area contributed by atoms with Crippen LogP contribution in [0.25, 0.3) is 0 Å². The number of carboxylic acids is 1. The summed E-state index contributed by atoms with van der Waals surface area (Å²) in [5, 5.41) is 25.3. The van der Waals surface area contributed by atoms with E-state index in [-0.39, 0.29) is 25.0 Å². The molecule has 0 radical (unpaired) electrons. The summed E-state index contributed by atoms with van der Waals surface area (Å²) in [4.78, 5) is 60.2. The highest BCUT2D eigenvalue weighted by Gasteiger charge is 2.30. The molecule has 0 saturated carbocycles. The Balaban J connectivity index is 3.08. The summed E-state index contributed by atoms with van der Waals surface area (Å²) in [5.74, 6) is -4.50. The second-order valence-corrected chi connectivity index (χ2v) is 7.55. The van der Waals surface area contributed by atoms with Crippen LogP contribution in [-0.4, -0.2) is 76.3 Å². The van der Waals surface area contributed by atoms with Crippen LogP contribution >= 0.6 is 12.6 Å². The number of aliphatic carboxylic acids is 1. The maximum absolute atomic E-state index is 12.9. The Morgan fingerprint density at radius 2 is 1.45 bits per heavy atom. The number of nitrogens with one attached hydrogen (secondary N) is 3. The van der Waals surface area contributed by atoms with E-state index in [1.54, 1.807) is 30.3 Å². The van der Waals surface area contributed by atoms with Crippen molar-refractivity contribution in [3.63, 3.8) is 0 Å². The van der Waals surface area contributed by atoms with E-state index in [4.69, 9.17) is 16.6 Å². The fourth-order valence-corrected chi connectivity index (χ4v) is 2.87. The number of nitrogens with two attached hydrogens (primary N) is 2. The molecule has 182 valence electrons. The molecule has 4 amide bonds. The molecule has 0 aromatic heterocycles. The topological polar surface area (TPSA) is 214 Å². The van der Waals surface area contributed by atoms with Gasteiger partial charge in [-0.3, -0.25) is 19.2 Å². The van der Waals surface area contributed by atoms with E-state index in [0.717, 1.165) is 0 Å². The van der Waals surface area contributed by atoms with Gasteiger partial charge < -0.3 is 37.6 Å². The van der Waals surface area contributed by atoms with Crippen molar-refractivity contribution in [2.24, 2.45) is 11.5 Å². The Labute approximate surface area is 195 Å². The Kier molecular flexibility index (Phi) is 11.9. The van der Waals surface area contributed by atoms with Gasteiger partial charge >= 0.3 is 5.97 Å². The molecule has 4 unspecified atom stereocenters. The Hall–Kier alpha value is -3.16. The van der Waals surface area contributed by atoms with E-state index in [0.29, 0.717) is 5.56 Å². The van der Waals surface area contributed by atoms with Gasteiger partial charge in [-0.15, -0.1) is 0 Å². The summed E-state index contributed by atoms with van der Waals surface area (Å²) < 4.78 is 0. The second kappa shape index (κ2) is 14.1. The lowest BCUT2D eigenvalue weighted by atomic mass is 10.0. The first-order valence-electron chi connectivity index (χ1n) is 10.0. The molecule has 0 aliphatic carbocycles. The number of rotatable bonds is 14. The molecule has 13 heteroatoms. The minimum absolute atomic E-state index is 0.00671. The van der Waals surface area contributed by atoms with Gasteiger partial charge in [0.1, 0.15) is 18.1 Å². The van der Waals surface area contributed by atoms with Crippen LogP contribution in [0.1, 0.15) is 18.4 Å². The molecule has 0 aliphatic heterocycles. The van der Waals surface area contributed by atoms with E-state index < -0.39 is 60.4 Å². The third-order valence-electron chi connectivity index (χ3n) is 4.56.